The highest BCUT2D eigenvalue weighted by atomic mass is 35.5. The predicted molar refractivity (Wildman–Crippen MR) is 146 cm³/mol. The van der Waals surface area contributed by atoms with Crippen molar-refractivity contribution < 1.29 is 9.21 Å². The Balaban J connectivity index is 1.50. The van der Waals surface area contributed by atoms with E-state index in [0.29, 0.717) is 43.4 Å². The number of amides is 1. The first kappa shape index (κ1) is 23.7. The summed E-state index contributed by atoms with van der Waals surface area (Å²) in [6.07, 6.45) is 1.61. The van der Waals surface area contributed by atoms with Crippen molar-refractivity contribution in [3.63, 3.8) is 0 Å². The van der Waals surface area contributed by atoms with E-state index in [2.05, 4.69) is 0 Å². The van der Waals surface area contributed by atoms with Gasteiger partial charge in [-0.25, -0.2) is 4.68 Å². The molecule has 0 unspecified atom stereocenters. The molecule has 2 aromatic heterocycles. The number of thioether (sulfide) groups is 1. The normalized spacial score (nSPS) is 15.0. The van der Waals surface area contributed by atoms with Gasteiger partial charge in [0.05, 0.1) is 26.3 Å². The van der Waals surface area contributed by atoms with E-state index in [1.54, 1.807) is 55.1 Å². The van der Waals surface area contributed by atoms with E-state index in [4.69, 9.17) is 39.8 Å². The molecule has 3 heterocycles. The minimum atomic E-state index is -0.384. The van der Waals surface area contributed by atoms with E-state index in [9.17, 15) is 9.59 Å². The van der Waals surface area contributed by atoms with Crippen molar-refractivity contribution in [2.45, 2.75) is 6.92 Å². The van der Waals surface area contributed by atoms with Crippen LogP contribution in [0.3, 0.4) is 0 Å². The molecule has 4 aromatic rings. The van der Waals surface area contributed by atoms with Gasteiger partial charge in [-0.1, -0.05) is 71.4 Å². The summed E-state index contributed by atoms with van der Waals surface area (Å²) in [7, 11) is 1.77. The van der Waals surface area contributed by atoms with Gasteiger partial charge in [-0.2, -0.15) is 0 Å². The van der Waals surface area contributed by atoms with Gasteiger partial charge in [-0.3, -0.25) is 19.2 Å². The number of furan rings is 1. The molecule has 0 atom stereocenters. The summed E-state index contributed by atoms with van der Waals surface area (Å²) in [6.45, 7) is 1.78. The van der Waals surface area contributed by atoms with Crippen LogP contribution < -0.4 is 10.5 Å². The topological polar surface area (TPSA) is 60.4 Å². The van der Waals surface area contributed by atoms with E-state index in [-0.39, 0.29) is 21.5 Å². The summed E-state index contributed by atoms with van der Waals surface area (Å²) >= 11 is 19.0. The van der Waals surface area contributed by atoms with Crippen LogP contribution in [0.5, 0.6) is 0 Å². The molecule has 5 rings (SSSR count). The van der Waals surface area contributed by atoms with Gasteiger partial charge in [0.1, 0.15) is 17.2 Å². The average Bonchev–Trinajstić information content (AvgIpc) is 3.47. The molecule has 0 spiro atoms. The third-order valence-electron chi connectivity index (χ3n) is 5.66. The van der Waals surface area contributed by atoms with E-state index in [1.165, 1.54) is 9.58 Å². The van der Waals surface area contributed by atoms with E-state index >= 15 is 0 Å². The molecule has 1 aliphatic heterocycles. The zero-order valence-electron chi connectivity index (χ0n) is 18.5. The van der Waals surface area contributed by atoms with Crippen molar-refractivity contribution in [3.05, 3.63) is 97.4 Å². The molecule has 35 heavy (non-hydrogen) atoms. The largest absolute Gasteiger partial charge is 0.457 e. The van der Waals surface area contributed by atoms with Gasteiger partial charge >= 0.3 is 0 Å². The number of benzene rings is 2. The zero-order chi connectivity index (χ0) is 24.9. The molecule has 0 radical (unpaired) electrons. The van der Waals surface area contributed by atoms with Crippen LogP contribution in [0, 0.1) is 6.92 Å². The molecule has 0 saturated carbocycles. The molecule has 1 amide bonds. The standard InChI is InChI=1S/C25H17Cl2N3O3S2/c1-14-22(24(32)30(28(14)2)15-7-4-3-5-8-15)29-23(31)20(35-25(29)34)13-16-11-12-19(33-16)17-9-6-10-18(26)21(17)27/h3-13H,1-2H3. The Labute approximate surface area is 220 Å². The number of nitrogens with zero attached hydrogens (tertiary/aromatic N) is 3. The Bertz CT molecular complexity index is 1590. The summed E-state index contributed by atoms with van der Waals surface area (Å²) < 4.78 is 9.40. The summed E-state index contributed by atoms with van der Waals surface area (Å²) in [4.78, 5) is 28.4. The molecule has 10 heteroatoms. The number of carbonyl (C=O) groups excluding carboxylic acids is 1. The van der Waals surface area contributed by atoms with E-state index in [0.717, 1.165) is 11.8 Å². The molecule has 2 aromatic carbocycles. The van der Waals surface area contributed by atoms with Gasteiger partial charge in [0.25, 0.3) is 11.5 Å². The first-order valence-corrected chi connectivity index (χ1v) is 12.4. The molecule has 1 fully saturated rings. The first-order valence-electron chi connectivity index (χ1n) is 10.4. The molecular formula is C25H17Cl2N3O3S2. The van der Waals surface area contributed by atoms with Crippen LogP contribution in [-0.2, 0) is 11.8 Å². The quantitative estimate of drug-likeness (QED) is 0.219. The third kappa shape index (κ3) is 4.06. The highest BCUT2D eigenvalue weighted by Gasteiger charge is 2.38. The number of anilines is 1. The second kappa shape index (κ2) is 9.20. The number of thiocarbonyl (C=S) groups is 1. The van der Waals surface area contributed by atoms with Gasteiger partial charge in [-0.05, 0) is 43.3 Å². The van der Waals surface area contributed by atoms with Crippen LogP contribution in [0.15, 0.2) is 74.8 Å². The Hall–Kier alpha value is -3.04. The maximum Gasteiger partial charge on any atom is 0.296 e. The van der Waals surface area contributed by atoms with E-state index in [1.807, 2.05) is 30.3 Å². The van der Waals surface area contributed by atoms with Crippen LogP contribution in [0.4, 0.5) is 5.69 Å². The van der Waals surface area contributed by atoms with Crippen LogP contribution in [-0.4, -0.2) is 19.6 Å². The van der Waals surface area contributed by atoms with E-state index < -0.39 is 0 Å². The second-order valence-electron chi connectivity index (χ2n) is 7.73. The summed E-state index contributed by atoms with van der Waals surface area (Å²) in [5, 5.41) is 0.804. The van der Waals surface area contributed by atoms with Crippen LogP contribution >= 0.6 is 47.2 Å². The fourth-order valence-electron chi connectivity index (χ4n) is 3.87. The monoisotopic (exact) mass is 541 g/mol. The summed E-state index contributed by atoms with van der Waals surface area (Å²) in [5.74, 6) is 0.580. The molecule has 1 aliphatic rings. The maximum atomic E-state index is 13.4. The second-order valence-corrected chi connectivity index (χ2v) is 10.2. The van der Waals surface area contributed by atoms with Crippen LogP contribution in [0.1, 0.15) is 11.5 Å². The molecule has 6 nitrogen and oxygen atoms in total. The number of carbonyl (C=O) groups is 1. The third-order valence-corrected chi connectivity index (χ3v) is 7.78. The minimum absolute atomic E-state index is 0.230. The number of halogens is 2. The first-order chi connectivity index (χ1) is 16.8. The Kier molecular flexibility index (Phi) is 6.23. The Morgan fingerprint density at radius 3 is 2.49 bits per heavy atom. The lowest BCUT2D eigenvalue weighted by molar-refractivity contribution is -0.113. The van der Waals surface area contributed by atoms with Gasteiger partial charge in [-0.15, -0.1) is 0 Å². The number of rotatable bonds is 4. The fraction of sp³-hybridized carbons (Fsp3) is 0.0800. The Morgan fingerprint density at radius 2 is 1.74 bits per heavy atom. The van der Waals surface area contributed by atoms with Gasteiger partial charge in [0.15, 0.2) is 4.32 Å². The van der Waals surface area contributed by atoms with Gasteiger partial charge in [0, 0.05) is 18.7 Å². The number of hydrogen-bond acceptors (Lipinski definition) is 5. The van der Waals surface area contributed by atoms with Crippen molar-refractivity contribution in [1.29, 1.82) is 0 Å². The summed E-state index contributed by atoms with van der Waals surface area (Å²) in [5.41, 5.74) is 1.86. The molecule has 0 aliphatic carbocycles. The lowest BCUT2D eigenvalue weighted by Gasteiger charge is -2.12. The number of aromatic nitrogens is 2. The van der Waals surface area contributed by atoms with Crippen molar-refractivity contribution in [2.24, 2.45) is 7.05 Å². The van der Waals surface area contributed by atoms with Gasteiger partial charge in [0.2, 0.25) is 0 Å². The molecule has 1 saturated heterocycles. The molecular weight excluding hydrogens is 525 g/mol. The van der Waals surface area contributed by atoms with Crippen LogP contribution in [0.25, 0.3) is 23.1 Å². The fourth-order valence-corrected chi connectivity index (χ4v) is 5.52. The Morgan fingerprint density at radius 1 is 1.00 bits per heavy atom. The SMILES string of the molecule is Cc1c(N2C(=O)C(=Cc3ccc(-c4cccc(Cl)c4Cl)o3)SC2=S)c(=O)n(-c2ccccc2)n1C. The highest BCUT2D eigenvalue weighted by molar-refractivity contribution is 8.27. The van der Waals surface area contributed by atoms with Crippen LogP contribution in [0.2, 0.25) is 10.0 Å². The average molecular weight is 542 g/mol. The summed E-state index contributed by atoms with van der Waals surface area (Å²) in [6, 6.07) is 18.0. The number of hydrogen-bond donors (Lipinski definition) is 0. The molecule has 176 valence electrons. The lowest BCUT2D eigenvalue weighted by atomic mass is 10.2. The predicted octanol–water partition coefficient (Wildman–Crippen LogP) is 6.46. The zero-order valence-corrected chi connectivity index (χ0v) is 21.6. The maximum absolute atomic E-state index is 13.4. The lowest BCUT2D eigenvalue weighted by Crippen LogP contribution is -2.33. The van der Waals surface area contributed by atoms with Crippen molar-refractivity contribution in [3.8, 4) is 17.0 Å². The number of para-hydroxylation sites is 1. The van der Waals surface area contributed by atoms with Crippen molar-refractivity contribution >= 4 is 69.2 Å². The van der Waals surface area contributed by atoms with Crippen molar-refractivity contribution in [2.75, 3.05) is 4.90 Å². The molecule has 0 N–H and O–H groups in total. The minimum Gasteiger partial charge on any atom is -0.457 e. The molecule has 0 bridgehead atoms. The smallest absolute Gasteiger partial charge is 0.296 e. The van der Waals surface area contributed by atoms with Gasteiger partial charge < -0.3 is 4.42 Å². The highest BCUT2D eigenvalue weighted by Crippen LogP contribution is 2.38. The van der Waals surface area contributed by atoms with Crippen molar-refractivity contribution in [1.82, 2.24) is 9.36 Å².